The van der Waals surface area contributed by atoms with Crippen molar-refractivity contribution in [1.82, 2.24) is 5.32 Å². The Morgan fingerprint density at radius 1 is 1.15 bits per heavy atom. The van der Waals surface area contributed by atoms with Crippen LogP contribution in [0, 0.1) is 0 Å². The average molecular weight is 400 g/mol. The van der Waals surface area contributed by atoms with E-state index in [0.717, 1.165) is 0 Å². The number of carbonyl (C=O) groups excluding carboxylic acids is 1. The van der Waals surface area contributed by atoms with Crippen LogP contribution in [0.3, 0.4) is 0 Å². The van der Waals surface area contributed by atoms with Gasteiger partial charge in [0.25, 0.3) is 5.91 Å². The van der Waals surface area contributed by atoms with Crippen LogP contribution in [0.25, 0.3) is 0 Å². The molecule has 0 spiro atoms. The van der Waals surface area contributed by atoms with Gasteiger partial charge >= 0.3 is 6.61 Å². The summed E-state index contributed by atoms with van der Waals surface area (Å²) in [6.07, 6.45) is 0. The van der Waals surface area contributed by atoms with Crippen molar-refractivity contribution in [3.05, 3.63) is 53.1 Å². The minimum atomic E-state index is -2.95. The molecular weight excluding hydrogens is 380 g/mol. The number of methoxy groups -OCH3 is 1. The van der Waals surface area contributed by atoms with Gasteiger partial charge in [-0.1, -0.05) is 17.7 Å². The summed E-state index contributed by atoms with van der Waals surface area (Å²) in [6, 6.07) is 11.1. The van der Waals surface area contributed by atoms with Crippen LogP contribution in [-0.2, 0) is 11.3 Å². The second-order valence-electron chi connectivity index (χ2n) is 6.11. The summed E-state index contributed by atoms with van der Waals surface area (Å²) < 4.78 is 39.9. The zero-order chi connectivity index (χ0) is 20.0. The van der Waals surface area contributed by atoms with Crippen LogP contribution in [0.5, 0.6) is 17.2 Å². The quantitative estimate of drug-likeness (QED) is 0.713. The van der Waals surface area contributed by atoms with E-state index < -0.39 is 12.2 Å². The van der Waals surface area contributed by atoms with E-state index in [1.165, 1.54) is 19.2 Å². The van der Waals surface area contributed by atoms with E-state index in [1.54, 1.807) is 44.2 Å². The first-order valence-corrected chi connectivity index (χ1v) is 8.43. The SMILES string of the molecule is COc1cc(CNC(=O)C(C)(C)Oc2ccc(Cl)cc2)ccc1OC(F)F. The zero-order valence-electron chi connectivity index (χ0n) is 15.1. The van der Waals surface area contributed by atoms with Gasteiger partial charge in [0, 0.05) is 11.6 Å². The molecule has 2 rings (SSSR count). The molecule has 0 aliphatic carbocycles. The van der Waals surface area contributed by atoms with Gasteiger partial charge in [-0.15, -0.1) is 0 Å². The number of rotatable bonds is 8. The number of hydrogen-bond donors (Lipinski definition) is 1. The largest absolute Gasteiger partial charge is 0.493 e. The van der Waals surface area contributed by atoms with Crippen LogP contribution in [-0.4, -0.2) is 25.2 Å². The fourth-order valence-corrected chi connectivity index (χ4v) is 2.38. The van der Waals surface area contributed by atoms with Gasteiger partial charge in [-0.3, -0.25) is 4.79 Å². The molecule has 0 aliphatic rings. The van der Waals surface area contributed by atoms with E-state index in [-0.39, 0.29) is 24.0 Å². The molecule has 0 fully saturated rings. The molecule has 0 unspecified atom stereocenters. The lowest BCUT2D eigenvalue weighted by molar-refractivity contribution is -0.134. The summed E-state index contributed by atoms with van der Waals surface area (Å²) in [4.78, 5) is 12.5. The number of benzene rings is 2. The van der Waals surface area contributed by atoms with Gasteiger partial charge in [0.15, 0.2) is 17.1 Å². The number of ether oxygens (including phenoxy) is 3. The van der Waals surface area contributed by atoms with E-state index >= 15 is 0 Å². The van der Waals surface area contributed by atoms with Crippen LogP contribution in [0.4, 0.5) is 8.78 Å². The summed E-state index contributed by atoms with van der Waals surface area (Å²) in [5.41, 5.74) is -0.472. The fraction of sp³-hybridized carbons (Fsp3) is 0.316. The van der Waals surface area contributed by atoms with Crippen LogP contribution in [0.1, 0.15) is 19.4 Å². The zero-order valence-corrected chi connectivity index (χ0v) is 15.8. The molecule has 0 bridgehead atoms. The topological polar surface area (TPSA) is 56.8 Å². The van der Waals surface area contributed by atoms with Crippen molar-refractivity contribution in [3.63, 3.8) is 0 Å². The fourth-order valence-electron chi connectivity index (χ4n) is 2.25. The number of hydrogen-bond acceptors (Lipinski definition) is 4. The Kier molecular flexibility index (Phi) is 6.85. The van der Waals surface area contributed by atoms with Gasteiger partial charge in [-0.2, -0.15) is 8.78 Å². The maximum Gasteiger partial charge on any atom is 0.387 e. The maximum absolute atomic E-state index is 12.5. The first-order chi connectivity index (χ1) is 12.7. The molecule has 0 aliphatic heterocycles. The molecule has 2 aromatic rings. The third-order valence-electron chi connectivity index (χ3n) is 3.63. The van der Waals surface area contributed by atoms with E-state index in [9.17, 15) is 13.6 Å². The third-order valence-corrected chi connectivity index (χ3v) is 3.88. The van der Waals surface area contributed by atoms with Crippen molar-refractivity contribution >= 4 is 17.5 Å². The Labute approximate surface area is 161 Å². The predicted molar refractivity (Wildman–Crippen MR) is 97.6 cm³/mol. The summed E-state index contributed by atoms with van der Waals surface area (Å²) in [6.45, 7) is 0.487. The monoisotopic (exact) mass is 399 g/mol. The molecule has 8 heteroatoms. The number of amides is 1. The van der Waals surface area contributed by atoms with Crippen LogP contribution >= 0.6 is 11.6 Å². The van der Waals surface area contributed by atoms with Crippen molar-refractivity contribution in [2.24, 2.45) is 0 Å². The van der Waals surface area contributed by atoms with E-state index in [2.05, 4.69) is 10.1 Å². The third kappa shape index (κ3) is 5.99. The number of nitrogens with one attached hydrogen (secondary N) is 1. The van der Waals surface area contributed by atoms with Crippen molar-refractivity contribution in [3.8, 4) is 17.2 Å². The van der Waals surface area contributed by atoms with E-state index in [4.69, 9.17) is 21.1 Å². The van der Waals surface area contributed by atoms with Gasteiger partial charge in [-0.25, -0.2) is 0 Å². The normalized spacial score (nSPS) is 11.2. The number of alkyl halides is 2. The Hall–Kier alpha value is -2.54. The summed E-state index contributed by atoms with van der Waals surface area (Å²) in [7, 11) is 1.35. The minimum absolute atomic E-state index is 0.0750. The first-order valence-electron chi connectivity index (χ1n) is 8.06. The molecule has 0 saturated carbocycles. The smallest absolute Gasteiger partial charge is 0.387 e. The lowest BCUT2D eigenvalue weighted by atomic mass is 10.1. The van der Waals surface area contributed by atoms with Gasteiger partial charge in [0.05, 0.1) is 7.11 Å². The molecule has 1 amide bonds. The molecular formula is C19H20ClF2NO4. The van der Waals surface area contributed by atoms with Gasteiger partial charge in [0.2, 0.25) is 0 Å². The van der Waals surface area contributed by atoms with E-state index in [0.29, 0.717) is 16.3 Å². The highest BCUT2D eigenvalue weighted by molar-refractivity contribution is 6.30. The Morgan fingerprint density at radius 3 is 2.41 bits per heavy atom. The standard InChI is InChI=1S/C19H20ClF2NO4/c1-19(2,27-14-7-5-13(20)6-8-14)17(24)23-11-12-4-9-15(26-18(21)22)16(10-12)25-3/h4-10,18H,11H2,1-3H3,(H,23,24). The van der Waals surface area contributed by atoms with Crippen molar-refractivity contribution < 1.29 is 27.8 Å². The highest BCUT2D eigenvalue weighted by Crippen LogP contribution is 2.29. The van der Waals surface area contributed by atoms with Gasteiger partial charge < -0.3 is 19.5 Å². The molecule has 0 atom stereocenters. The maximum atomic E-state index is 12.5. The molecule has 0 radical (unpaired) electrons. The molecule has 146 valence electrons. The second-order valence-corrected chi connectivity index (χ2v) is 6.55. The Morgan fingerprint density at radius 2 is 1.81 bits per heavy atom. The summed E-state index contributed by atoms with van der Waals surface area (Å²) >= 11 is 5.83. The Balaban J connectivity index is 2.00. The Bertz CT molecular complexity index is 782. The summed E-state index contributed by atoms with van der Waals surface area (Å²) in [5, 5.41) is 3.32. The average Bonchev–Trinajstić information content (AvgIpc) is 2.61. The van der Waals surface area contributed by atoms with Crippen LogP contribution in [0.2, 0.25) is 5.02 Å². The molecule has 0 heterocycles. The lowest BCUT2D eigenvalue weighted by Crippen LogP contribution is -2.46. The van der Waals surface area contributed by atoms with Gasteiger partial charge in [0.1, 0.15) is 5.75 Å². The number of halogens is 3. The number of carbonyl (C=O) groups is 1. The highest BCUT2D eigenvalue weighted by atomic mass is 35.5. The van der Waals surface area contributed by atoms with Crippen LogP contribution in [0.15, 0.2) is 42.5 Å². The minimum Gasteiger partial charge on any atom is -0.493 e. The molecule has 2 aromatic carbocycles. The van der Waals surface area contributed by atoms with Crippen molar-refractivity contribution in [1.29, 1.82) is 0 Å². The molecule has 27 heavy (non-hydrogen) atoms. The van der Waals surface area contributed by atoms with Crippen LogP contribution < -0.4 is 19.5 Å². The second kappa shape index (κ2) is 8.90. The molecule has 0 aromatic heterocycles. The predicted octanol–water partition coefficient (Wildman–Crippen LogP) is 4.42. The van der Waals surface area contributed by atoms with Crippen molar-refractivity contribution in [2.45, 2.75) is 32.6 Å². The highest BCUT2D eigenvalue weighted by Gasteiger charge is 2.29. The van der Waals surface area contributed by atoms with Gasteiger partial charge in [-0.05, 0) is 55.8 Å². The molecule has 0 saturated heterocycles. The lowest BCUT2D eigenvalue weighted by Gasteiger charge is -2.25. The van der Waals surface area contributed by atoms with Crippen molar-refractivity contribution in [2.75, 3.05) is 7.11 Å². The first kappa shape index (κ1) is 20.8. The summed E-state index contributed by atoms with van der Waals surface area (Å²) in [5.74, 6) is 0.242. The van der Waals surface area contributed by atoms with E-state index in [1.807, 2.05) is 0 Å². The molecule has 1 N–H and O–H groups in total. The molecule has 5 nitrogen and oxygen atoms in total.